The SMILES string of the molecule is O=C(NC1CCS(=O)(=O)C1)c1cc(S)cs1. The Hall–Kier alpha value is -0.530. The zero-order valence-electron chi connectivity index (χ0n) is 8.34. The lowest BCUT2D eigenvalue weighted by atomic mass is 10.2. The number of hydrogen-bond acceptors (Lipinski definition) is 5. The predicted molar refractivity (Wildman–Crippen MR) is 66.1 cm³/mol. The summed E-state index contributed by atoms with van der Waals surface area (Å²) >= 11 is 5.41. The normalized spacial score (nSPS) is 23.2. The second kappa shape index (κ2) is 4.38. The lowest BCUT2D eigenvalue weighted by Crippen LogP contribution is -2.35. The topological polar surface area (TPSA) is 63.2 Å². The van der Waals surface area contributed by atoms with Crippen LogP contribution in [0.3, 0.4) is 0 Å². The van der Waals surface area contributed by atoms with E-state index in [0.29, 0.717) is 11.3 Å². The Balaban J connectivity index is 1.99. The Morgan fingerprint density at radius 1 is 1.56 bits per heavy atom. The van der Waals surface area contributed by atoms with Gasteiger partial charge in [-0.3, -0.25) is 4.79 Å². The van der Waals surface area contributed by atoms with Crippen molar-refractivity contribution in [3.8, 4) is 0 Å². The highest BCUT2D eigenvalue weighted by Crippen LogP contribution is 2.18. The molecule has 1 N–H and O–H groups in total. The number of rotatable bonds is 2. The Kier molecular flexibility index (Phi) is 3.27. The van der Waals surface area contributed by atoms with Gasteiger partial charge in [-0.25, -0.2) is 8.42 Å². The Morgan fingerprint density at radius 2 is 2.31 bits per heavy atom. The van der Waals surface area contributed by atoms with E-state index in [4.69, 9.17) is 0 Å². The van der Waals surface area contributed by atoms with Crippen LogP contribution in [0.4, 0.5) is 0 Å². The van der Waals surface area contributed by atoms with E-state index < -0.39 is 9.84 Å². The van der Waals surface area contributed by atoms with Gasteiger partial charge in [0.05, 0.1) is 16.4 Å². The van der Waals surface area contributed by atoms with Crippen molar-refractivity contribution in [2.75, 3.05) is 11.5 Å². The van der Waals surface area contributed by atoms with E-state index in [-0.39, 0.29) is 23.5 Å². The minimum Gasteiger partial charge on any atom is -0.348 e. The summed E-state index contributed by atoms with van der Waals surface area (Å²) in [5.74, 6) is 0.00492. The van der Waals surface area contributed by atoms with Gasteiger partial charge in [0.25, 0.3) is 5.91 Å². The van der Waals surface area contributed by atoms with Crippen LogP contribution in [0.2, 0.25) is 0 Å². The molecule has 0 aliphatic carbocycles. The summed E-state index contributed by atoms with van der Waals surface area (Å²) in [6.45, 7) is 0. The molecular weight excluding hydrogens is 266 g/mol. The van der Waals surface area contributed by atoms with Gasteiger partial charge in [0, 0.05) is 16.3 Å². The highest BCUT2D eigenvalue weighted by molar-refractivity contribution is 7.91. The first kappa shape index (κ1) is 11.9. The lowest BCUT2D eigenvalue weighted by Gasteiger charge is -2.08. The molecular formula is C9H11NO3S3. The summed E-state index contributed by atoms with van der Waals surface area (Å²) in [5, 5.41) is 4.49. The Morgan fingerprint density at radius 3 is 2.81 bits per heavy atom. The van der Waals surface area contributed by atoms with Gasteiger partial charge < -0.3 is 5.32 Å². The maximum Gasteiger partial charge on any atom is 0.261 e. The van der Waals surface area contributed by atoms with E-state index >= 15 is 0 Å². The first-order valence-electron chi connectivity index (χ1n) is 4.75. The molecule has 2 heterocycles. The van der Waals surface area contributed by atoms with Crippen LogP contribution < -0.4 is 5.32 Å². The number of thiophene rings is 1. The van der Waals surface area contributed by atoms with Crippen molar-refractivity contribution in [3.63, 3.8) is 0 Å². The van der Waals surface area contributed by atoms with Crippen LogP contribution >= 0.6 is 24.0 Å². The maximum absolute atomic E-state index is 11.7. The Bertz CT molecular complexity index is 506. The monoisotopic (exact) mass is 277 g/mol. The van der Waals surface area contributed by atoms with Crippen LogP contribution in [0.15, 0.2) is 16.3 Å². The fraction of sp³-hybridized carbons (Fsp3) is 0.444. The number of sulfone groups is 1. The van der Waals surface area contributed by atoms with Gasteiger partial charge in [0.2, 0.25) is 0 Å². The number of carbonyl (C=O) groups excluding carboxylic acids is 1. The minimum atomic E-state index is -2.94. The van der Waals surface area contributed by atoms with Crippen LogP contribution in [-0.2, 0) is 9.84 Å². The van der Waals surface area contributed by atoms with Crippen LogP contribution in [0.25, 0.3) is 0 Å². The van der Waals surface area contributed by atoms with E-state index in [0.717, 1.165) is 4.90 Å². The number of hydrogen-bond donors (Lipinski definition) is 2. The molecule has 7 heteroatoms. The molecule has 1 unspecified atom stereocenters. The second-order valence-corrected chi connectivity index (χ2v) is 7.40. The smallest absolute Gasteiger partial charge is 0.261 e. The van der Waals surface area contributed by atoms with Crippen molar-refractivity contribution in [2.24, 2.45) is 0 Å². The third-order valence-corrected chi connectivity index (χ3v) is 5.51. The number of thiol groups is 1. The number of nitrogens with one attached hydrogen (secondary N) is 1. The summed E-state index contributed by atoms with van der Waals surface area (Å²) in [4.78, 5) is 13.0. The fourth-order valence-electron chi connectivity index (χ4n) is 1.61. The summed E-state index contributed by atoms with van der Waals surface area (Å²) < 4.78 is 22.4. The van der Waals surface area contributed by atoms with Crippen LogP contribution in [0, 0.1) is 0 Å². The molecule has 88 valence electrons. The van der Waals surface area contributed by atoms with Crippen LogP contribution in [0.1, 0.15) is 16.1 Å². The number of carbonyl (C=O) groups is 1. The van der Waals surface area contributed by atoms with Gasteiger partial charge in [-0.05, 0) is 12.5 Å². The van der Waals surface area contributed by atoms with Gasteiger partial charge in [-0.1, -0.05) is 0 Å². The highest BCUT2D eigenvalue weighted by atomic mass is 32.2. The molecule has 1 aromatic rings. The van der Waals surface area contributed by atoms with Crippen molar-refractivity contribution in [1.82, 2.24) is 5.32 Å². The van der Waals surface area contributed by atoms with E-state index in [1.165, 1.54) is 11.3 Å². The van der Waals surface area contributed by atoms with Crippen molar-refractivity contribution in [2.45, 2.75) is 17.4 Å². The van der Waals surface area contributed by atoms with Crippen molar-refractivity contribution in [1.29, 1.82) is 0 Å². The number of amides is 1. The molecule has 4 nitrogen and oxygen atoms in total. The summed E-state index contributed by atoms with van der Waals surface area (Å²) in [6.07, 6.45) is 0.507. The molecule has 0 radical (unpaired) electrons. The molecule has 0 saturated carbocycles. The van der Waals surface area contributed by atoms with Crippen LogP contribution in [0.5, 0.6) is 0 Å². The molecule has 1 aliphatic heterocycles. The first-order chi connectivity index (χ1) is 7.46. The molecule has 0 spiro atoms. The molecule has 16 heavy (non-hydrogen) atoms. The largest absolute Gasteiger partial charge is 0.348 e. The lowest BCUT2D eigenvalue weighted by molar-refractivity contribution is 0.0945. The molecule has 0 aromatic carbocycles. The van der Waals surface area contributed by atoms with Gasteiger partial charge in [-0.2, -0.15) is 0 Å². The Labute approximate surface area is 103 Å². The fourth-order valence-corrected chi connectivity index (χ4v) is 4.34. The van der Waals surface area contributed by atoms with Crippen LogP contribution in [-0.4, -0.2) is 31.9 Å². The molecule has 1 aromatic heterocycles. The maximum atomic E-state index is 11.7. The summed E-state index contributed by atoms with van der Waals surface area (Å²) in [7, 11) is -2.94. The highest BCUT2D eigenvalue weighted by Gasteiger charge is 2.29. The zero-order valence-corrected chi connectivity index (χ0v) is 10.9. The molecule has 1 atom stereocenters. The molecule has 2 rings (SSSR count). The summed E-state index contributed by atoms with van der Waals surface area (Å²) in [6, 6.07) is 1.43. The van der Waals surface area contributed by atoms with Crippen molar-refractivity contribution in [3.05, 3.63) is 16.3 Å². The van der Waals surface area contributed by atoms with Gasteiger partial charge >= 0.3 is 0 Å². The average Bonchev–Trinajstić information content (AvgIpc) is 2.73. The first-order valence-corrected chi connectivity index (χ1v) is 7.90. The third-order valence-electron chi connectivity index (χ3n) is 2.38. The third kappa shape index (κ3) is 2.78. The van der Waals surface area contributed by atoms with E-state index in [1.54, 1.807) is 11.4 Å². The molecule has 0 bridgehead atoms. The van der Waals surface area contributed by atoms with Gasteiger partial charge in [0.15, 0.2) is 9.84 Å². The molecule has 1 saturated heterocycles. The standard InChI is InChI=1S/C9H11NO3S3/c11-9(8-3-7(14)4-15-8)10-6-1-2-16(12,13)5-6/h3-4,6,14H,1-2,5H2,(H,10,11). The second-order valence-electron chi connectivity index (χ2n) is 3.74. The predicted octanol–water partition coefficient (Wildman–Crippen LogP) is 0.954. The van der Waals surface area contributed by atoms with E-state index in [2.05, 4.69) is 17.9 Å². The average molecular weight is 277 g/mol. The van der Waals surface area contributed by atoms with E-state index in [1.807, 2.05) is 0 Å². The van der Waals surface area contributed by atoms with E-state index in [9.17, 15) is 13.2 Å². The molecule has 1 aliphatic rings. The minimum absolute atomic E-state index is 0.0534. The van der Waals surface area contributed by atoms with Crippen molar-refractivity contribution >= 4 is 39.7 Å². The van der Waals surface area contributed by atoms with Gasteiger partial charge in [0.1, 0.15) is 0 Å². The summed E-state index contributed by atoms with van der Waals surface area (Å²) in [5.41, 5.74) is 0. The molecule has 1 amide bonds. The van der Waals surface area contributed by atoms with Gasteiger partial charge in [-0.15, -0.1) is 24.0 Å². The molecule has 1 fully saturated rings. The zero-order chi connectivity index (χ0) is 11.8. The quantitative estimate of drug-likeness (QED) is 0.791. The van der Waals surface area contributed by atoms with Crippen molar-refractivity contribution < 1.29 is 13.2 Å².